The Morgan fingerprint density at radius 2 is 1.71 bits per heavy atom. The Kier molecular flexibility index (Phi) is 5.04. The van der Waals surface area contributed by atoms with Gasteiger partial charge in [0.25, 0.3) is 5.91 Å². The maximum atomic E-state index is 12.9. The smallest absolute Gasteiger partial charge is 0.339 e. The van der Waals surface area contributed by atoms with Gasteiger partial charge in [0, 0.05) is 30.2 Å². The van der Waals surface area contributed by atoms with Gasteiger partial charge in [-0.15, -0.1) is 0 Å². The number of esters is 1. The van der Waals surface area contributed by atoms with E-state index in [0.717, 1.165) is 17.5 Å². The summed E-state index contributed by atoms with van der Waals surface area (Å²) in [4.78, 5) is 25.3. The molecule has 0 saturated heterocycles. The summed E-state index contributed by atoms with van der Waals surface area (Å²) in [5, 5.41) is 2.90. The van der Waals surface area contributed by atoms with Crippen LogP contribution in [0.5, 0.6) is 11.5 Å². The van der Waals surface area contributed by atoms with Crippen LogP contribution in [-0.4, -0.2) is 25.1 Å². The van der Waals surface area contributed by atoms with Crippen molar-refractivity contribution in [3.8, 4) is 11.5 Å². The van der Waals surface area contributed by atoms with Crippen LogP contribution < -0.4 is 14.8 Å². The second-order valence-corrected chi connectivity index (χ2v) is 7.55. The molecule has 2 heterocycles. The third-order valence-electron chi connectivity index (χ3n) is 5.42. The van der Waals surface area contributed by atoms with E-state index in [0.29, 0.717) is 47.9 Å². The topological polar surface area (TPSA) is 73.9 Å². The lowest BCUT2D eigenvalue weighted by atomic mass is 9.93. The van der Waals surface area contributed by atoms with Crippen molar-refractivity contribution in [2.45, 2.75) is 18.9 Å². The zero-order chi connectivity index (χ0) is 21.2. The second kappa shape index (κ2) is 8.14. The first-order valence-electron chi connectivity index (χ1n) is 10.3. The van der Waals surface area contributed by atoms with E-state index in [9.17, 15) is 9.59 Å². The van der Waals surface area contributed by atoms with Gasteiger partial charge in [0.2, 0.25) is 0 Å². The minimum absolute atomic E-state index is 0.257. The summed E-state index contributed by atoms with van der Waals surface area (Å²) in [6, 6.07) is 20.0. The molecule has 1 amide bonds. The van der Waals surface area contributed by atoms with Gasteiger partial charge in [-0.1, -0.05) is 30.3 Å². The fourth-order valence-electron chi connectivity index (χ4n) is 3.83. The first-order valence-corrected chi connectivity index (χ1v) is 10.3. The predicted octanol–water partition coefficient (Wildman–Crippen LogP) is 4.55. The maximum absolute atomic E-state index is 12.9. The van der Waals surface area contributed by atoms with Crippen molar-refractivity contribution >= 4 is 17.6 Å². The zero-order valence-corrected chi connectivity index (χ0v) is 16.8. The molecular weight excluding hydrogens is 394 g/mol. The van der Waals surface area contributed by atoms with E-state index >= 15 is 0 Å². The van der Waals surface area contributed by atoms with E-state index in [1.807, 2.05) is 30.3 Å². The molecule has 2 aliphatic rings. The van der Waals surface area contributed by atoms with Gasteiger partial charge in [0.1, 0.15) is 6.10 Å². The van der Waals surface area contributed by atoms with Gasteiger partial charge < -0.3 is 19.5 Å². The largest absolute Gasteiger partial charge is 0.490 e. The fraction of sp³-hybridized carbons (Fsp3) is 0.200. The highest BCUT2D eigenvalue weighted by molar-refractivity contribution is 6.05. The Balaban J connectivity index is 1.36. The summed E-state index contributed by atoms with van der Waals surface area (Å²) in [5.74, 6) is 0.668. The summed E-state index contributed by atoms with van der Waals surface area (Å²) in [6.45, 7) is 1.19. The molecule has 2 aliphatic heterocycles. The Hall–Kier alpha value is -3.80. The lowest BCUT2D eigenvalue weighted by Gasteiger charge is -2.25. The van der Waals surface area contributed by atoms with Crippen LogP contribution in [-0.2, 0) is 11.2 Å². The summed E-state index contributed by atoms with van der Waals surface area (Å²) < 4.78 is 16.9. The molecule has 6 nitrogen and oxygen atoms in total. The van der Waals surface area contributed by atoms with E-state index in [2.05, 4.69) is 5.32 Å². The monoisotopic (exact) mass is 415 g/mol. The van der Waals surface area contributed by atoms with Crippen LogP contribution in [0.1, 0.15) is 44.4 Å². The van der Waals surface area contributed by atoms with Gasteiger partial charge >= 0.3 is 5.97 Å². The van der Waals surface area contributed by atoms with Crippen molar-refractivity contribution in [2.24, 2.45) is 0 Å². The highest BCUT2D eigenvalue weighted by atomic mass is 16.5. The molecule has 1 unspecified atom stereocenters. The van der Waals surface area contributed by atoms with Crippen molar-refractivity contribution < 1.29 is 23.8 Å². The highest BCUT2D eigenvalue weighted by Gasteiger charge is 2.28. The summed E-state index contributed by atoms with van der Waals surface area (Å²) in [5.41, 5.74) is 3.33. The number of carbonyl (C=O) groups excluding carboxylic acids is 2. The van der Waals surface area contributed by atoms with E-state index in [1.165, 1.54) is 0 Å². The number of ether oxygens (including phenoxy) is 3. The molecule has 6 heteroatoms. The average molecular weight is 415 g/mol. The number of carbonyl (C=O) groups is 2. The van der Waals surface area contributed by atoms with Gasteiger partial charge in [0.05, 0.1) is 18.8 Å². The first kappa shape index (κ1) is 19.2. The molecule has 0 bridgehead atoms. The summed E-state index contributed by atoms with van der Waals surface area (Å²) >= 11 is 0. The summed E-state index contributed by atoms with van der Waals surface area (Å²) in [6.07, 6.45) is 0.981. The minimum atomic E-state index is -0.370. The van der Waals surface area contributed by atoms with E-state index in [1.54, 1.807) is 36.4 Å². The number of fused-ring (bicyclic) bond motifs is 2. The molecule has 0 aliphatic carbocycles. The van der Waals surface area contributed by atoms with Crippen molar-refractivity contribution in [1.29, 1.82) is 0 Å². The molecule has 1 N–H and O–H groups in total. The molecular formula is C25H21NO5. The number of cyclic esters (lactones) is 1. The number of hydrogen-bond acceptors (Lipinski definition) is 5. The SMILES string of the molecule is O=C(Nc1ccc2c(c1)OCCCO2)c1ccc2c(c1)CC(c1ccccc1)OC2=O. The maximum Gasteiger partial charge on any atom is 0.339 e. The molecule has 156 valence electrons. The Morgan fingerprint density at radius 3 is 2.55 bits per heavy atom. The minimum Gasteiger partial charge on any atom is -0.490 e. The van der Waals surface area contributed by atoms with Gasteiger partial charge in [-0.2, -0.15) is 0 Å². The van der Waals surface area contributed by atoms with Crippen LogP contribution in [0.15, 0.2) is 66.7 Å². The number of nitrogens with one attached hydrogen (secondary N) is 1. The number of benzene rings is 3. The zero-order valence-electron chi connectivity index (χ0n) is 16.8. The molecule has 31 heavy (non-hydrogen) atoms. The molecule has 0 fully saturated rings. The van der Waals surface area contributed by atoms with E-state index < -0.39 is 0 Å². The lowest BCUT2D eigenvalue weighted by molar-refractivity contribution is 0.0252. The Labute approximate surface area is 179 Å². The molecule has 3 aromatic carbocycles. The lowest BCUT2D eigenvalue weighted by Crippen LogP contribution is -2.23. The third-order valence-corrected chi connectivity index (χ3v) is 5.42. The van der Waals surface area contributed by atoms with Gasteiger partial charge in [0.15, 0.2) is 11.5 Å². The molecule has 0 radical (unpaired) electrons. The van der Waals surface area contributed by atoms with E-state index in [4.69, 9.17) is 14.2 Å². The van der Waals surface area contributed by atoms with Crippen molar-refractivity contribution in [3.05, 3.63) is 89.0 Å². The average Bonchev–Trinajstić information content (AvgIpc) is 3.04. The molecule has 0 spiro atoms. The molecule has 3 aromatic rings. The Bertz CT molecular complexity index is 1140. The standard InChI is InChI=1S/C25H21NO5/c27-24(26-19-8-10-21-23(15-19)30-12-4-11-29-21)17-7-9-20-18(13-17)14-22(31-25(20)28)16-5-2-1-3-6-16/h1-3,5-10,13,15,22H,4,11-12,14H2,(H,26,27). The summed E-state index contributed by atoms with van der Waals surface area (Å²) in [7, 11) is 0. The van der Waals surface area contributed by atoms with Crippen molar-refractivity contribution in [2.75, 3.05) is 18.5 Å². The van der Waals surface area contributed by atoms with Gasteiger partial charge in [-0.3, -0.25) is 4.79 Å². The highest BCUT2D eigenvalue weighted by Crippen LogP contribution is 2.33. The molecule has 0 aromatic heterocycles. The quantitative estimate of drug-likeness (QED) is 0.635. The van der Waals surface area contributed by atoms with Crippen LogP contribution in [0.25, 0.3) is 0 Å². The normalized spacial score (nSPS) is 17.2. The van der Waals surface area contributed by atoms with Gasteiger partial charge in [-0.25, -0.2) is 4.79 Å². The number of rotatable bonds is 3. The Morgan fingerprint density at radius 1 is 0.903 bits per heavy atom. The second-order valence-electron chi connectivity index (χ2n) is 7.55. The van der Waals surface area contributed by atoms with Crippen molar-refractivity contribution in [3.63, 3.8) is 0 Å². The number of hydrogen-bond donors (Lipinski definition) is 1. The molecule has 0 saturated carbocycles. The number of anilines is 1. The van der Waals surface area contributed by atoms with Crippen molar-refractivity contribution in [1.82, 2.24) is 0 Å². The number of amides is 1. The van der Waals surface area contributed by atoms with E-state index in [-0.39, 0.29) is 18.0 Å². The van der Waals surface area contributed by atoms with Crippen LogP contribution in [0.3, 0.4) is 0 Å². The van der Waals surface area contributed by atoms with Crippen LogP contribution >= 0.6 is 0 Å². The predicted molar refractivity (Wildman–Crippen MR) is 115 cm³/mol. The molecule has 1 atom stereocenters. The van der Waals surface area contributed by atoms with Crippen LogP contribution in [0.2, 0.25) is 0 Å². The third kappa shape index (κ3) is 3.97. The van der Waals surface area contributed by atoms with Crippen LogP contribution in [0.4, 0.5) is 5.69 Å². The molecule has 5 rings (SSSR count). The van der Waals surface area contributed by atoms with Crippen LogP contribution in [0, 0.1) is 0 Å². The first-order chi connectivity index (χ1) is 15.2. The van der Waals surface area contributed by atoms with Gasteiger partial charge in [-0.05, 0) is 41.5 Å². The fourth-order valence-corrected chi connectivity index (χ4v) is 3.83.